The van der Waals surface area contributed by atoms with Crippen LogP contribution in [0.5, 0.6) is 0 Å². The lowest BCUT2D eigenvalue weighted by Gasteiger charge is -2.40. The summed E-state index contributed by atoms with van der Waals surface area (Å²) in [6.07, 6.45) is -21.3. The van der Waals surface area contributed by atoms with E-state index in [9.17, 15) is 57.8 Å². The zero-order valence-electron chi connectivity index (χ0n) is 21.0. The Morgan fingerprint density at radius 3 is 1.34 bits per heavy atom. The molecule has 2 N–H and O–H groups in total. The summed E-state index contributed by atoms with van der Waals surface area (Å²) < 4.78 is 164. The molecule has 2 aliphatic heterocycles. The summed E-state index contributed by atoms with van der Waals surface area (Å²) in [5, 5.41) is 14.6. The van der Waals surface area contributed by atoms with E-state index in [0.717, 1.165) is 0 Å². The van der Waals surface area contributed by atoms with Crippen molar-refractivity contribution in [3.8, 4) is 0 Å². The fraction of sp³-hybridized carbons (Fsp3) is 0.480. The number of hydrogen-bond donors (Lipinski definition) is 2. The lowest BCUT2D eigenvalue weighted by molar-refractivity contribution is -0.144. The van der Waals surface area contributed by atoms with Crippen molar-refractivity contribution in [3.05, 3.63) is 69.8 Å². The minimum absolute atomic E-state index is 0.0238. The predicted molar refractivity (Wildman–Crippen MR) is 121 cm³/mol. The molecule has 0 spiro atoms. The van der Waals surface area contributed by atoms with E-state index in [4.69, 9.17) is 0 Å². The highest BCUT2D eigenvalue weighted by Gasteiger charge is 2.52. The Bertz CT molecular complexity index is 1220. The monoisotopic (exact) mass is 607 g/mol. The average Bonchev–Trinajstić information content (AvgIpc) is 3.27. The predicted octanol–water partition coefficient (Wildman–Crippen LogP) is 6.81. The molecule has 0 saturated carbocycles. The van der Waals surface area contributed by atoms with Crippen LogP contribution in [0.25, 0.3) is 0 Å². The van der Waals surface area contributed by atoms with Crippen LogP contribution >= 0.6 is 0 Å². The smallest absolute Gasteiger partial charge is 0.378 e. The van der Waals surface area contributed by atoms with E-state index in [1.165, 1.54) is 4.90 Å². The van der Waals surface area contributed by atoms with Crippen LogP contribution < -0.4 is 5.32 Å². The van der Waals surface area contributed by atoms with E-state index in [1.807, 2.05) is 0 Å². The van der Waals surface area contributed by atoms with Crippen LogP contribution in [-0.4, -0.2) is 40.6 Å². The molecule has 0 bridgehead atoms. The number of hydrogen-bond acceptors (Lipinski definition) is 4. The van der Waals surface area contributed by atoms with Crippen molar-refractivity contribution in [1.29, 1.82) is 0 Å². The number of alkyl halides is 12. The van der Waals surface area contributed by atoms with E-state index in [-0.39, 0.29) is 48.9 Å². The van der Waals surface area contributed by atoms with Gasteiger partial charge in [-0.3, -0.25) is 4.99 Å². The molecule has 2 heterocycles. The molecule has 2 aromatic rings. The number of nitrogens with zero attached hydrogens (tertiary/aromatic N) is 2. The Balaban J connectivity index is 2.07. The topological polar surface area (TPSA) is 47.9 Å². The maximum Gasteiger partial charge on any atom is 0.416 e. The van der Waals surface area contributed by atoms with Crippen LogP contribution in [0.4, 0.5) is 52.7 Å². The summed E-state index contributed by atoms with van der Waals surface area (Å²) in [5.41, 5.74) is -14.1. The maximum atomic E-state index is 13.7. The summed E-state index contributed by atoms with van der Waals surface area (Å²) in [5.74, 6) is 0.0238. The minimum Gasteiger partial charge on any atom is -0.378 e. The zero-order valence-corrected chi connectivity index (χ0v) is 21.0. The first kappa shape index (κ1) is 30.8. The summed E-state index contributed by atoms with van der Waals surface area (Å²) in [6.45, 7) is 3.17. The van der Waals surface area contributed by atoms with Crippen molar-refractivity contribution in [2.75, 3.05) is 13.1 Å². The quantitative estimate of drug-likeness (QED) is 0.377. The van der Waals surface area contributed by atoms with Gasteiger partial charge in [-0.25, -0.2) is 0 Å². The highest BCUT2D eigenvalue weighted by Crippen LogP contribution is 2.46. The summed E-state index contributed by atoms with van der Waals surface area (Å²) in [4.78, 5) is 5.65. The van der Waals surface area contributed by atoms with Crippen molar-refractivity contribution in [3.63, 3.8) is 0 Å². The number of aliphatic imine (C=N–C) groups is 1. The number of guanidine groups is 1. The van der Waals surface area contributed by atoms with Crippen molar-refractivity contribution < 1.29 is 57.8 Å². The summed E-state index contributed by atoms with van der Waals surface area (Å²) in [7, 11) is 0. The molecule has 0 aliphatic carbocycles. The fourth-order valence-electron chi connectivity index (χ4n) is 4.94. The van der Waals surface area contributed by atoms with E-state index in [1.54, 1.807) is 13.8 Å². The maximum absolute atomic E-state index is 13.7. The first-order valence-corrected chi connectivity index (χ1v) is 11.8. The van der Waals surface area contributed by atoms with Gasteiger partial charge in [0, 0.05) is 18.6 Å². The molecule has 1 atom stereocenters. The fourth-order valence-corrected chi connectivity index (χ4v) is 4.94. The van der Waals surface area contributed by atoms with Gasteiger partial charge in [0.15, 0.2) is 5.96 Å². The molecule has 1 fully saturated rings. The molecule has 1 saturated heterocycles. The van der Waals surface area contributed by atoms with Gasteiger partial charge in [-0.2, -0.15) is 52.7 Å². The third kappa shape index (κ3) is 5.79. The van der Waals surface area contributed by atoms with Crippen molar-refractivity contribution >= 4 is 5.96 Å². The first-order valence-electron chi connectivity index (χ1n) is 11.8. The number of halogens is 12. The lowest BCUT2D eigenvalue weighted by atomic mass is 9.77. The molecular formula is C25H21F12N3O. The Kier molecular flexibility index (Phi) is 7.08. The van der Waals surface area contributed by atoms with Crippen LogP contribution in [0.3, 0.4) is 0 Å². The number of nitrogens with one attached hydrogen (secondary N) is 1. The largest absolute Gasteiger partial charge is 0.416 e. The number of rotatable bonds is 3. The van der Waals surface area contributed by atoms with E-state index in [0.29, 0.717) is 6.42 Å². The zero-order chi connectivity index (χ0) is 31.0. The molecule has 1 unspecified atom stereocenters. The molecule has 0 radical (unpaired) electrons. The SMILES string of the molecule is CC1(C)CCN=C2NC(C(O)(c3cc(C(F)(F)F)cc(C(F)(F)F)c3)c3cc(C(F)(F)F)cc(C(F)(F)F)c3)CN21. The average molecular weight is 607 g/mol. The molecule has 2 aliphatic rings. The number of fused-ring (bicyclic) bond motifs is 1. The second-order valence-electron chi connectivity index (χ2n) is 10.4. The van der Waals surface area contributed by atoms with Gasteiger partial charge in [0.25, 0.3) is 0 Å². The van der Waals surface area contributed by atoms with E-state index in [2.05, 4.69) is 10.3 Å². The molecule has 0 amide bonds. The molecule has 41 heavy (non-hydrogen) atoms. The standard InChI is InChI=1S/C25H21F12N3O/c1-20(2)3-4-38-19-39-18(11-40(19)20)21(41,12-5-14(22(26,27)28)9-15(6-12)23(29,30)31)13-7-16(24(32,33)34)10-17(8-13)25(35,36)37/h5-10,18,41H,3-4,11H2,1-2H3,(H,38,39). The second-order valence-corrected chi connectivity index (χ2v) is 10.4. The second kappa shape index (κ2) is 9.42. The highest BCUT2D eigenvalue weighted by atomic mass is 19.4. The van der Waals surface area contributed by atoms with Crippen molar-refractivity contribution in [2.24, 2.45) is 4.99 Å². The van der Waals surface area contributed by atoms with Crippen molar-refractivity contribution in [2.45, 2.75) is 62.2 Å². The van der Waals surface area contributed by atoms with Gasteiger partial charge < -0.3 is 15.3 Å². The number of aliphatic hydroxyl groups is 1. The summed E-state index contributed by atoms with van der Waals surface area (Å²) in [6, 6.07) is -1.95. The van der Waals surface area contributed by atoms with E-state index >= 15 is 0 Å². The first-order chi connectivity index (χ1) is 18.4. The number of benzene rings is 2. The molecule has 16 heteroatoms. The molecule has 0 aromatic heterocycles. The Morgan fingerprint density at radius 2 is 1.02 bits per heavy atom. The normalized spacial score (nSPS) is 20.0. The van der Waals surface area contributed by atoms with Gasteiger partial charge in [0.1, 0.15) is 5.60 Å². The Hall–Kier alpha value is -3.17. The van der Waals surface area contributed by atoms with Gasteiger partial charge in [0.05, 0.1) is 28.3 Å². The van der Waals surface area contributed by atoms with Crippen LogP contribution in [0.1, 0.15) is 53.6 Å². The molecule has 4 nitrogen and oxygen atoms in total. The van der Waals surface area contributed by atoms with Gasteiger partial charge in [0.2, 0.25) is 0 Å². The Labute approximate surface area is 224 Å². The highest BCUT2D eigenvalue weighted by molar-refractivity contribution is 5.84. The minimum atomic E-state index is -5.42. The van der Waals surface area contributed by atoms with Crippen LogP contribution in [0, 0.1) is 0 Å². The third-order valence-electron chi connectivity index (χ3n) is 7.20. The lowest BCUT2D eigenvalue weighted by Crippen LogP contribution is -2.50. The van der Waals surface area contributed by atoms with E-state index < -0.39 is 81.8 Å². The molecule has 4 rings (SSSR count). The van der Waals surface area contributed by atoms with Crippen molar-refractivity contribution in [1.82, 2.24) is 10.2 Å². The van der Waals surface area contributed by atoms with Gasteiger partial charge in [-0.15, -0.1) is 0 Å². The van der Waals surface area contributed by atoms with Crippen LogP contribution in [-0.2, 0) is 30.3 Å². The van der Waals surface area contributed by atoms with Gasteiger partial charge >= 0.3 is 24.7 Å². The molecular weight excluding hydrogens is 586 g/mol. The molecule has 2 aromatic carbocycles. The van der Waals surface area contributed by atoms with Gasteiger partial charge in [-0.1, -0.05) is 0 Å². The summed E-state index contributed by atoms with van der Waals surface area (Å²) >= 11 is 0. The van der Waals surface area contributed by atoms with Crippen LogP contribution in [0.15, 0.2) is 41.4 Å². The van der Waals surface area contributed by atoms with Gasteiger partial charge in [-0.05, 0) is 67.8 Å². The van der Waals surface area contributed by atoms with Crippen LogP contribution in [0.2, 0.25) is 0 Å². The molecule has 226 valence electrons. The Morgan fingerprint density at radius 1 is 0.683 bits per heavy atom. The third-order valence-corrected chi connectivity index (χ3v) is 7.20.